The largest absolute Gasteiger partial charge is 0.506 e. The summed E-state index contributed by atoms with van der Waals surface area (Å²) in [4.78, 5) is 57.7. The van der Waals surface area contributed by atoms with Crippen molar-refractivity contribution >= 4 is 40.1 Å². The molecule has 1 saturated heterocycles. The van der Waals surface area contributed by atoms with Crippen LogP contribution in [0.25, 0.3) is 22.0 Å². The van der Waals surface area contributed by atoms with Gasteiger partial charge in [0.15, 0.2) is 5.78 Å². The molecule has 0 radical (unpaired) electrons. The van der Waals surface area contributed by atoms with Gasteiger partial charge in [0.2, 0.25) is 11.5 Å². The number of hydrogen-bond acceptors (Lipinski definition) is 9. The molecule has 1 aromatic heterocycles. The van der Waals surface area contributed by atoms with Gasteiger partial charge in [-0.3, -0.25) is 19.7 Å². The molecule has 5 aromatic carbocycles. The molecule has 320 valence electrons. The van der Waals surface area contributed by atoms with Crippen LogP contribution in [0.4, 0.5) is 16.2 Å². The number of carbonyl (C=O) groups is 3. The van der Waals surface area contributed by atoms with E-state index in [-0.39, 0.29) is 48.1 Å². The summed E-state index contributed by atoms with van der Waals surface area (Å²) in [5, 5.41) is 28.0. The predicted molar refractivity (Wildman–Crippen MR) is 243 cm³/mol. The Morgan fingerprint density at radius 1 is 0.871 bits per heavy atom. The highest BCUT2D eigenvalue weighted by molar-refractivity contribution is 6.00. The molecule has 12 nitrogen and oxygen atoms in total. The Balaban J connectivity index is 0.827. The van der Waals surface area contributed by atoms with Gasteiger partial charge in [-0.25, -0.2) is 4.79 Å². The number of aliphatic hydroxyl groups excluding tert-OH is 1. The van der Waals surface area contributed by atoms with Gasteiger partial charge in [0, 0.05) is 80.4 Å². The van der Waals surface area contributed by atoms with E-state index in [9.17, 15) is 29.4 Å². The third-order valence-corrected chi connectivity index (χ3v) is 11.5. The number of aliphatic hydroxyl groups is 1. The molecule has 2 amide bonds. The Bertz CT molecular complexity index is 2550. The number of aromatic nitrogens is 1. The van der Waals surface area contributed by atoms with Crippen LogP contribution in [0.15, 0.2) is 132 Å². The molecule has 1 unspecified atom stereocenters. The highest BCUT2D eigenvalue weighted by atomic mass is 16.6. The SMILES string of the molecule is CC(Cc1ccc(CC(=O)c2cccc(N(C)C(=O)CCN3CCC(OC(=O)Nc4ccccc4-c4ccccc4)CC3)c2)cc1)NC[C@H](O)c1ccc(O)c2[nH]c(=O)ccc12. The molecule has 7 rings (SSSR count). The lowest BCUT2D eigenvalue weighted by molar-refractivity contribution is -0.118. The van der Waals surface area contributed by atoms with Crippen LogP contribution in [0.1, 0.15) is 59.3 Å². The maximum absolute atomic E-state index is 13.4. The van der Waals surface area contributed by atoms with Crippen molar-refractivity contribution in [2.45, 2.75) is 57.3 Å². The van der Waals surface area contributed by atoms with Crippen LogP contribution >= 0.6 is 0 Å². The number of fused-ring (bicyclic) bond motifs is 1. The number of Topliss-reactive ketones (excluding diaryl/α,β-unsaturated/α-hetero) is 1. The molecule has 1 aliphatic rings. The lowest BCUT2D eigenvalue weighted by Gasteiger charge is -2.31. The van der Waals surface area contributed by atoms with Gasteiger partial charge in [-0.05, 0) is 78.8 Å². The Labute approximate surface area is 361 Å². The minimum atomic E-state index is -0.856. The number of para-hydroxylation sites is 1. The van der Waals surface area contributed by atoms with Crippen LogP contribution in [0.2, 0.25) is 0 Å². The first-order valence-corrected chi connectivity index (χ1v) is 21.1. The molecule has 0 spiro atoms. The van der Waals surface area contributed by atoms with E-state index < -0.39 is 12.2 Å². The van der Waals surface area contributed by atoms with E-state index in [1.54, 1.807) is 42.3 Å². The number of aromatic hydroxyl groups is 1. The monoisotopic (exact) mass is 835 g/mol. The summed E-state index contributed by atoms with van der Waals surface area (Å²) in [6, 6.07) is 38.7. The van der Waals surface area contributed by atoms with Crippen LogP contribution in [-0.4, -0.2) is 83.3 Å². The summed E-state index contributed by atoms with van der Waals surface area (Å²) in [5.41, 5.74) is 6.34. The maximum atomic E-state index is 13.4. The van der Waals surface area contributed by atoms with Crippen LogP contribution in [0, 0.1) is 0 Å². The number of likely N-dealkylation sites (tertiary alicyclic amines) is 1. The second-order valence-electron chi connectivity index (χ2n) is 16.0. The molecule has 0 aliphatic carbocycles. The van der Waals surface area contributed by atoms with Crippen molar-refractivity contribution in [2.75, 3.05) is 43.4 Å². The van der Waals surface area contributed by atoms with E-state index >= 15 is 0 Å². The van der Waals surface area contributed by atoms with E-state index in [4.69, 9.17) is 4.74 Å². The third-order valence-electron chi connectivity index (χ3n) is 11.5. The third kappa shape index (κ3) is 11.2. The fourth-order valence-corrected chi connectivity index (χ4v) is 7.94. The molecule has 2 heterocycles. The summed E-state index contributed by atoms with van der Waals surface area (Å²) >= 11 is 0. The second kappa shape index (κ2) is 20.3. The molecule has 1 fully saturated rings. The lowest BCUT2D eigenvalue weighted by atomic mass is 9.99. The van der Waals surface area contributed by atoms with Crippen LogP contribution in [0.3, 0.4) is 0 Å². The van der Waals surface area contributed by atoms with E-state index in [0.717, 1.165) is 22.3 Å². The summed E-state index contributed by atoms with van der Waals surface area (Å²) in [7, 11) is 1.73. The van der Waals surface area contributed by atoms with Crippen molar-refractivity contribution in [1.82, 2.24) is 15.2 Å². The van der Waals surface area contributed by atoms with Crippen molar-refractivity contribution in [3.8, 4) is 16.9 Å². The van der Waals surface area contributed by atoms with Gasteiger partial charge >= 0.3 is 6.09 Å². The number of ether oxygens (including phenoxy) is 1. The summed E-state index contributed by atoms with van der Waals surface area (Å²) < 4.78 is 5.78. The number of anilines is 2. The van der Waals surface area contributed by atoms with Crippen molar-refractivity contribution < 1.29 is 29.3 Å². The number of phenolic OH excluding ortho intramolecular Hbond substituents is 1. The Hall–Kier alpha value is -6.60. The number of piperidine rings is 1. The number of H-pyrrole nitrogens is 1. The average molecular weight is 836 g/mol. The molecule has 0 bridgehead atoms. The quantitative estimate of drug-likeness (QED) is 0.0617. The highest BCUT2D eigenvalue weighted by Gasteiger charge is 2.24. The number of amides is 2. The van der Waals surface area contributed by atoms with Gasteiger partial charge in [-0.2, -0.15) is 0 Å². The fraction of sp³-hybridized carbons (Fsp3) is 0.280. The van der Waals surface area contributed by atoms with Crippen LogP contribution < -0.4 is 21.1 Å². The number of rotatable bonds is 16. The van der Waals surface area contributed by atoms with Gasteiger partial charge in [-0.15, -0.1) is 0 Å². The predicted octanol–water partition coefficient (Wildman–Crippen LogP) is 7.65. The molecular weight excluding hydrogens is 783 g/mol. The standard InChI is InChI=1S/C50H53N5O7/c1-33(51-32-46(58)41-19-21-44(56)49-42(41)20-22-47(59)53-49)29-34-15-17-35(18-16-34)30-45(57)37-11-8-12-38(31-37)54(2)48(60)25-28-55-26-23-39(24-27-55)62-50(61)52-43-14-7-6-13-40(43)36-9-4-3-5-10-36/h3-22,31,33,39,46,51,56,58H,23-30,32H2,1-2H3,(H,52,61)(H,53,59)/t33?,46-/m0/s1. The van der Waals surface area contributed by atoms with E-state index in [0.29, 0.717) is 78.7 Å². The number of benzene rings is 5. The first-order chi connectivity index (χ1) is 30.0. The Morgan fingerprint density at radius 3 is 2.37 bits per heavy atom. The minimum Gasteiger partial charge on any atom is -0.506 e. The first-order valence-electron chi connectivity index (χ1n) is 21.1. The van der Waals surface area contributed by atoms with Crippen molar-refractivity contribution in [3.63, 3.8) is 0 Å². The molecule has 0 saturated carbocycles. The van der Waals surface area contributed by atoms with E-state index in [2.05, 4.69) is 20.5 Å². The Kier molecular flexibility index (Phi) is 14.2. The molecule has 5 N–H and O–H groups in total. The van der Waals surface area contributed by atoms with Crippen molar-refractivity contribution in [2.24, 2.45) is 0 Å². The van der Waals surface area contributed by atoms with Crippen molar-refractivity contribution in [1.29, 1.82) is 0 Å². The number of pyridine rings is 1. The van der Waals surface area contributed by atoms with E-state index in [1.165, 1.54) is 12.1 Å². The average Bonchev–Trinajstić information content (AvgIpc) is 3.29. The number of nitrogens with zero attached hydrogens (tertiary/aromatic N) is 2. The number of carbonyl (C=O) groups excluding carboxylic acids is 3. The van der Waals surface area contributed by atoms with Gasteiger partial charge in [-0.1, -0.05) is 91.0 Å². The topological polar surface area (TPSA) is 164 Å². The Morgan fingerprint density at radius 2 is 1.60 bits per heavy atom. The second-order valence-corrected chi connectivity index (χ2v) is 16.0. The summed E-state index contributed by atoms with van der Waals surface area (Å²) in [5.74, 6) is -0.151. The lowest BCUT2D eigenvalue weighted by Crippen LogP contribution is -2.40. The summed E-state index contributed by atoms with van der Waals surface area (Å²) in [6.07, 6.45) is 1.05. The number of nitrogens with one attached hydrogen (secondary N) is 3. The zero-order chi connectivity index (χ0) is 43.6. The zero-order valence-electron chi connectivity index (χ0n) is 35.1. The summed E-state index contributed by atoms with van der Waals surface area (Å²) in [6.45, 7) is 4.32. The number of aromatic amines is 1. The van der Waals surface area contributed by atoms with Gasteiger partial charge < -0.3 is 35.1 Å². The van der Waals surface area contributed by atoms with Gasteiger partial charge in [0.25, 0.3) is 0 Å². The fourth-order valence-electron chi connectivity index (χ4n) is 7.94. The molecular formula is C50H53N5O7. The van der Waals surface area contributed by atoms with E-state index in [1.807, 2.05) is 91.9 Å². The first kappa shape index (κ1) is 43.5. The minimum absolute atomic E-state index is 0.0321. The van der Waals surface area contributed by atoms with Gasteiger partial charge in [0.05, 0.1) is 17.3 Å². The molecule has 6 aromatic rings. The maximum Gasteiger partial charge on any atom is 0.411 e. The number of hydrogen-bond donors (Lipinski definition) is 5. The van der Waals surface area contributed by atoms with Crippen LogP contribution in [-0.2, 0) is 22.4 Å². The molecule has 1 aliphatic heterocycles. The number of phenols is 1. The molecule has 62 heavy (non-hydrogen) atoms. The molecule has 2 atom stereocenters. The smallest absolute Gasteiger partial charge is 0.411 e. The zero-order valence-corrected chi connectivity index (χ0v) is 35.1. The normalized spacial score (nSPS) is 14.2. The van der Waals surface area contributed by atoms with Crippen molar-refractivity contribution in [3.05, 3.63) is 160 Å². The highest BCUT2D eigenvalue weighted by Crippen LogP contribution is 2.30. The number of ketones is 1. The van der Waals surface area contributed by atoms with Gasteiger partial charge in [0.1, 0.15) is 11.9 Å². The molecule has 12 heteroatoms. The van der Waals surface area contributed by atoms with Crippen LogP contribution in [0.5, 0.6) is 5.75 Å².